The largest absolute Gasteiger partial charge is 0.467 e. The molecule has 0 aliphatic carbocycles. The smallest absolute Gasteiger partial charge is 0.257 e. The van der Waals surface area contributed by atoms with Crippen molar-refractivity contribution in [3.05, 3.63) is 59.8 Å². The Morgan fingerprint density at radius 1 is 1.20 bits per heavy atom. The van der Waals surface area contributed by atoms with E-state index in [2.05, 4.69) is 10.0 Å². The number of benzene rings is 1. The summed E-state index contributed by atoms with van der Waals surface area (Å²) in [5, 5.41) is 6.10. The number of hydrogen-bond donors (Lipinski definition) is 0. The number of carbonyl (C=O) groups is 1. The predicted molar refractivity (Wildman–Crippen MR) is 91.5 cm³/mol. The number of furan rings is 1. The molecule has 2 aliphatic heterocycles. The molecule has 3 heterocycles. The van der Waals surface area contributed by atoms with Crippen molar-refractivity contribution in [1.82, 2.24) is 9.91 Å². The molecule has 0 bridgehead atoms. The fourth-order valence-electron chi connectivity index (χ4n) is 3.46. The molecule has 25 heavy (non-hydrogen) atoms. The molecule has 0 spiro atoms. The fraction of sp³-hybridized carbons (Fsp3) is 0.368. The molecule has 0 radical (unpaired) electrons. The second-order valence-electron chi connectivity index (χ2n) is 6.51. The van der Waals surface area contributed by atoms with Gasteiger partial charge in [0.15, 0.2) is 0 Å². The van der Waals surface area contributed by atoms with Crippen molar-refractivity contribution in [2.24, 2.45) is 5.10 Å². The van der Waals surface area contributed by atoms with Gasteiger partial charge in [0.25, 0.3) is 5.91 Å². The summed E-state index contributed by atoms with van der Waals surface area (Å²) in [5.74, 6) is 0.406. The summed E-state index contributed by atoms with van der Waals surface area (Å²) in [6, 6.07) is 9.65. The second-order valence-corrected chi connectivity index (χ2v) is 6.51. The van der Waals surface area contributed by atoms with Crippen LogP contribution in [0.25, 0.3) is 0 Å². The first-order valence-corrected chi connectivity index (χ1v) is 8.62. The number of likely N-dealkylation sites (tertiary alicyclic amines) is 1. The molecule has 130 valence electrons. The first-order chi connectivity index (χ1) is 12.2. The van der Waals surface area contributed by atoms with E-state index in [1.165, 1.54) is 17.1 Å². The lowest BCUT2D eigenvalue weighted by molar-refractivity contribution is -0.134. The molecule has 2 aromatic rings. The van der Waals surface area contributed by atoms with Crippen LogP contribution in [0.4, 0.5) is 4.39 Å². The van der Waals surface area contributed by atoms with Crippen LogP contribution in [0.1, 0.15) is 36.6 Å². The van der Waals surface area contributed by atoms with Gasteiger partial charge in [-0.1, -0.05) is 12.1 Å². The summed E-state index contributed by atoms with van der Waals surface area (Å²) >= 11 is 0. The summed E-state index contributed by atoms with van der Waals surface area (Å²) in [6.45, 7) is 2.29. The summed E-state index contributed by atoms with van der Waals surface area (Å²) < 4.78 is 18.7. The molecule has 1 unspecified atom stereocenters. The molecule has 1 aromatic carbocycles. The Bertz CT molecular complexity index is 764. The Labute approximate surface area is 145 Å². The Balaban J connectivity index is 1.59. The Morgan fingerprint density at radius 2 is 1.96 bits per heavy atom. The normalized spacial score (nSPS) is 20.9. The third-order valence-electron chi connectivity index (χ3n) is 4.77. The standard InChI is InChI=1S/C19H20FN3O2/c20-15-7-5-14(6-8-15)16-12-17(18-4-3-11-25-18)23(21-16)19(24)13-22-9-1-2-10-22/h3-8,11,17H,1-2,9-10,12-13H2. The van der Waals surface area contributed by atoms with Gasteiger partial charge in [-0.05, 0) is 55.8 Å². The van der Waals surface area contributed by atoms with E-state index in [1.54, 1.807) is 18.4 Å². The average Bonchev–Trinajstić information content (AvgIpc) is 3.36. The van der Waals surface area contributed by atoms with E-state index in [-0.39, 0.29) is 17.8 Å². The molecule has 1 aromatic heterocycles. The van der Waals surface area contributed by atoms with Crippen LogP contribution in [0.5, 0.6) is 0 Å². The first kappa shape index (κ1) is 16.0. The minimum absolute atomic E-state index is 0.0274. The van der Waals surface area contributed by atoms with Crippen LogP contribution in [0.15, 0.2) is 52.2 Å². The van der Waals surface area contributed by atoms with Crippen LogP contribution < -0.4 is 0 Å². The van der Waals surface area contributed by atoms with E-state index in [0.29, 0.717) is 13.0 Å². The van der Waals surface area contributed by atoms with Crippen LogP contribution in [0.3, 0.4) is 0 Å². The highest BCUT2D eigenvalue weighted by atomic mass is 19.1. The van der Waals surface area contributed by atoms with E-state index in [1.807, 2.05) is 12.1 Å². The predicted octanol–water partition coefficient (Wildman–Crippen LogP) is 3.19. The molecule has 1 amide bonds. The third-order valence-corrected chi connectivity index (χ3v) is 4.77. The zero-order chi connectivity index (χ0) is 17.2. The molecule has 6 heteroatoms. The van der Waals surface area contributed by atoms with Gasteiger partial charge in [-0.3, -0.25) is 9.69 Å². The van der Waals surface area contributed by atoms with Gasteiger partial charge in [0, 0.05) is 6.42 Å². The second kappa shape index (κ2) is 6.80. The topological polar surface area (TPSA) is 49.1 Å². The zero-order valence-corrected chi connectivity index (χ0v) is 13.9. The number of nitrogens with zero attached hydrogens (tertiary/aromatic N) is 3. The van der Waals surface area contributed by atoms with Crippen molar-refractivity contribution in [1.29, 1.82) is 0 Å². The maximum absolute atomic E-state index is 13.2. The van der Waals surface area contributed by atoms with E-state index in [4.69, 9.17) is 4.42 Å². The van der Waals surface area contributed by atoms with Gasteiger partial charge in [-0.15, -0.1) is 0 Å². The Morgan fingerprint density at radius 3 is 2.64 bits per heavy atom. The number of hydrazone groups is 1. The van der Waals surface area contributed by atoms with Crippen molar-refractivity contribution >= 4 is 11.6 Å². The highest BCUT2D eigenvalue weighted by molar-refractivity contribution is 6.03. The number of rotatable bonds is 4. The maximum atomic E-state index is 13.2. The summed E-state index contributed by atoms with van der Waals surface area (Å²) in [6.07, 6.45) is 4.44. The minimum Gasteiger partial charge on any atom is -0.467 e. The highest BCUT2D eigenvalue weighted by Crippen LogP contribution is 2.33. The molecule has 2 aliphatic rings. The van der Waals surface area contributed by atoms with Gasteiger partial charge in [0.2, 0.25) is 0 Å². The van der Waals surface area contributed by atoms with Gasteiger partial charge < -0.3 is 4.42 Å². The van der Waals surface area contributed by atoms with Crippen molar-refractivity contribution < 1.29 is 13.6 Å². The molecule has 0 saturated carbocycles. The van der Waals surface area contributed by atoms with Gasteiger partial charge in [0.05, 0.1) is 18.5 Å². The zero-order valence-electron chi connectivity index (χ0n) is 13.9. The molecule has 0 N–H and O–H groups in total. The van der Waals surface area contributed by atoms with Crippen molar-refractivity contribution in [2.75, 3.05) is 19.6 Å². The Hall–Kier alpha value is -2.47. The lowest BCUT2D eigenvalue weighted by atomic mass is 10.0. The number of halogens is 1. The maximum Gasteiger partial charge on any atom is 0.257 e. The number of hydrogen-bond acceptors (Lipinski definition) is 4. The van der Waals surface area contributed by atoms with E-state index < -0.39 is 0 Å². The monoisotopic (exact) mass is 341 g/mol. The van der Waals surface area contributed by atoms with Gasteiger partial charge in [-0.25, -0.2) is 9.40 Å². The molecular weight excluding hydrogens is 321 g/mol. The van der Waals surface area contributed by atoms with Gasteiger partial charge >= 0.3 is 0 Å². The summed E-state index contributed by atoms with van der Waals surface area (Å²) in [7, 11) is 0. The first-order valence-electron chi connectivity index (χ1n) is 8.62. The van der Waals surface area contributed by atoms with Crippen LogP contribution in [0.2, 0.25) is 0 Å². The molecule has 1 atom stereocenters. The molecule has 1 fully saturated rings. The van der Waals surface area contributed by atoms with E-state index in [9.17, 15) is 9.18 Å². The van der Waals surface area contributed by atoms with Crippen molar-refractivity contribution in [3.8, 4) is 0 Å². The SMILES string of the molecule is O=C(CN1CCCC1)N1N=C(c2ccc(F)cc2)CC1c1ccco1. The summed E-state index contributed by atoms with van der Waals surface area (Å²) in [4.78, 5) is 15.0. The minimum atomic E-state index is -0.285. The van der Waals surface area contributed by atoms with Gasteiger partial charge in [-0.2, -0.15) is 5.10 Å². The van der Waals surface area contributed by atoms with Crippen LogP contribution >= 0.6 is 0 Å². The average molecular weight is 341 g/mol. The molecule has 4 rings (SSSR count). The lowest BCUT2D eigenvalue weighted by Gasteiger charge is -2.22. The van der Waals surface area contributed by atoms with Crippen molar-refractivity contribution in [2.45, 2.75) is 25.3 Å². The lowest BCUT2D eigenvalue weighted by Crippen LogP contribution is -2.36. The summed E-state index contributed by atoms with van der Waals surface area (Å²) in [5.41, 5.74) is 1.60. The molecular formula is C19H20FN3O2. The van der Waals surface area contributed by atoms with Crippen LogP contribution in [-0.2, 0) is 4.79 Å². The highest BCUT2D eigenvalue weighted by Gasteiger charge is 2.35. The molecule has 1 saturated heterocycles. The number of carbonyl (C=O) groups excluding carboxylic acids is 1. The van der Waals surface area contributed by atoms with E-state index in [0.717, 1.165) is 43.0 Å². The van der Waals surface area contributed by atoms with Gasteiger partial charge in [0.1, 0.15) is 17.6 Å². The quantitative estimate of drug-likeness (QED) is 0.858. The fourth-order valence-corrected chi connectivity index (χ4v) is 3.46. The van der Waals surface area contributed by atoms with E-state index >= 15 is 0 Å². The van der Waals surface area contributed by atoms with Crippen molar-refractivity contribution in [3.63, 3.8) is 0 Å². The molecule has 5 nitrogen and oxygen atoms in total. The number of amides is 1. The third kappa shape index (κ3) is 3.35. The van der Waals surface area contributed by atoms with Crippen LogP contribution in [-0.4, -0.2) is 41.2 Å². The van der Waals surface area contributed by atoms with Crippen LogP contribution in [0, 0.1) is 5.82 Å². The Kier molecular flexibility index (Phi) is 4.36.